The van der Waals surface area contributed by atoms with Crippen molar-refractivity contribution in [1.29, 1.82) is 0 Å². The summed E-state index contributed by atoms with van der Waals surface area (Å²) in [7, 11) is 2.18. The molecule has 150 valence electrons. The molecule has 1 fully saturated rings. The van der Waals surface area contributed by atoms with Crippen LogP contribution in [0.25, 0.3) is 10.9 Å². The van der Waals surface area contributed by atoms with Gasteiger partial charge in [0.05, 0.1) is 5.52 Å². The highest BCUT2D eigenvalue weighted by molar-refractivity contribution is 6.04. The average molecular weight is 388 g/mol. The number of carbonyl (C=O) groups excluding carboxylic acids is 1. The molecule has 2 aromatic carbocycles. The molecule has 1 atom stereocenters. The highest BCUT2D eigenvalue weighted by atomic mass is 16.1. The van der Waals surface area contributed by atoms with Gasteiger partial charge in [0.15, 0.2) is 5.78 Å². The lowest BCUT2D eigenvalue weighted by atomic mass is 9.78. The van der Waals surface area contributed by atoms with Gasteiger partial charge >= 0.3 is 0 Å². The number of aryl methyl sites for hydroxylation is 1. The van der Waals surface area contributed by atoms with E-state index >= 15 is 0 Å². The summed E-state index contributed by atoms with van der Waals surface area (Å²) in [6.07, 6.45) is 7.46. The first kappa shape index (κ1) is 18.4. The van der Waals surface area contributed by atoms with Crippen molar-refractivity contribution < 1.29 is 4.79 Å². The maximum absolute atomic E-state index is 13.5. The van der Waals surface area contributed by atoms with Gasteiger partial charge in [-0.1, -0.05) is 24.3 Å². The Bertz CT molecular complexity index is 1060. The molecule has 2 N–H and O–H groups in total. The standard InChI is InChI=1S/C25H29N3O/c1-27-13-11-18(12-14-27)23-16-28(26)24-10-9-19(15-22(23)24)25(29)21-8-4-6-17-5-2-3-7-20(17)21/h2-3,5,7,9-10,15-16,18,21H,4,6,8,11-14,26H2,1H3. The number of Topliss-reactive ketones (excluding diaryl/α,β-unsaturated/α-hetero) is 1. The molecule has 0 spiro atoms. The predicted molar refractivity (Wildman–Crippen MR) is 118 cm³/mol. The number of nitrogens with zero attached hydrogens (tertiary/aromatic N) is 2. The van der Waals surface area contributed by atoms with Crippen LogP contribution in [0.15, 0.2) is 48.7 Å². The van der Waals surface area contributed by atoms with Gasteiger partial charge in [0, 0.05) is 23.1 Å². The Balaban J connectivity index is 1.52. The molecule has 1 aliphatic heterocycles. The molecule has 0 amide bonds. The number of benzene rings is 2. The van der Waals surface area contributed by atoms with Crippen molar-refractivity contribution in [1.82, 2.24) is 9.58 Å². The molecule has 0 saturated carbocycles. The SMILES string of the molecule is CN1CCC(c2cn(N)c3ccc(C(=O)C4CCCc5ccccc54)cc23)CC1. The molecule has 0 radical (unpaired) electrons. The molecular formula is C25H29N3O. The number of piperidine rings is 1. The van der Waals surface area contributed by atoms with Crippen molar-refractivity contribution in [3.63, 3.8) is 0 Å². The Morgan fingerprint density at radius 3 is 2.66 bits per heavy atom. The first-order valence-corrected chi connectivity index (χ1v) is 10.8. The number of hydrogen-bond acceptors (Lipinski definition) is 3. The predicted octanol–water partition coefficient (Wildman–Crippen LogP) is 4.47. The zero-order chi connectivity index (χ0) is 20.0. The second-order valence-electron chi connectivity index (χ2n) is 8.81. The highest BCUT2D eigenvalue weighted by Crippen LogP contribution is 2.37. The zero-order valence-corrected chi connectivity index (χ0v) is 17.1. The van der Waals surface area contributed by atoms with E-state index in [9.17, 15) is 4.79 Å². The van der Waals surface area contributed by atoms with E-state index in [0.29, 0.717) is 5.92 Å². The van der Waals surface area contributed by atoms with Crippen LogP contribution in [-0.2, 0) is 6.42 Å². The molecular weight excluding hydrogens is 358 g/mol. The maximum Gasteiger partial charge on any atom is 0.170 e. The molecule has 5 rings (SSSR count). The van der Waals surface area contributed by atoms with E-state index in [1.165, 1.54) is 16.7 Å². The minimum atomic E-state index is -0.0239. The normalized spacial score (nSPS) is 20.7. The van der Waals surface area contributed by atoms with Crippen molar-refractivity contribution in [2.45, 2.75) is 43.9 Å². The van der Waals surface area contributed by atoms with E-state index in [2.05, 4.69) is 48.5 Å². The van der Waals surface area contributed by atoms with E-state index in [1.54, 1.807) is 4.68 Å². The number of fused-ring (bicyclic) bond motifs is 2. The van der Waals surface area contributed by atoms with E-state index in [1.807, 2.05) is 12.1 Å². The number of aromatic nitrogens is 1. The fraction of sp³-hybridized carbons (Fsp3) is 0.400. The van der Waals surface area contributed by atoms with E-state index in [4.69, 9.17) is 5.84 Å². The van der Waals surface area contributed by atoms with Crippen molar-refractivity contribution in [3.8, 4) is 0 Å². The first-order chi connectivity index (χ1) is 14.1. The van der Waals surface area contributed by atoms with Crippen LogP contribution in [0.2, 0.25) is 0 Å². The van der Waals surface area contributed by atoms with Gasteiger partial charge in [-0.2, -0.15) is 0 Å². The quantitative estimate of drug-likeness (QED) is 0.533. The van der Waals surface area contributed by atoms with Crippen LogP contribution in [0.1, 0.15) is 64.6 Å². The van der Waals surface area contributed by atoms with E-state index in [-0.39, 0.29) is 11.7 Å². The van der Waals surface area contributed by atoms with Crippen LogP contribution in [0.4, 0.5) is 0 Å². The molecule has 1 aromatic heterocycles. The molecule has 1 saturated heterocycles. The van der Waals surface area contributed by atoms with Crippen LogP contribution >= 0.6 is 0 Å². The summed E-state index contributed by atoms with van der Waals surface area (Å²) in [4.78, 5) is 15.9. The fourth-order valence-electron chi connectivity index (χ4n) is 5.31. The Kier molecular flexibility index (Phi) is 4.67. The number of nitrogens with two attached hydrogens (primary N) is 1. The zero-order valence-electron chi connectivity index (χ0n) is 17.1. The summed E-state index contributed by atoms with van der Waals surface area (Å²) in [6, 6.07) is 14.5. The number of likely N-dealkylation sites (tertiary alicyclic amines) is 1. The number of hydrogen-bond donors (Lipinski definition) is 1. The van der Waals surface area contributed by atoms with Gasteiger partial charge in [-0.25, -0.2) is 0 Å². The highest BCUT2D eigenvalue weighted by Gasteiger charge is 2.28. The van der Waals surface area contributed by atoms with Crippen LogP contribution in [0.3, 0.4) is 0 Å². The monoisotopic (exact) mass is 387 g/mol. The minimum absolute atomic E-state index is 0.0239. The number of nitrogen functional groups attached to an aromatic ring is 1. The lowest BCUT2D eigenvalue weighted by molar-refractivity contribution is 0.0951. The van der Waals surface area contributed by atoms with Gasteiger partial charge < -0.3 is 10.7 Å². The third kappa shape index (κ3) is 3.25. The topological polar surface area (TPSA) is 51.3 Å². The molecule has 1 aliphatic carbocycles. The Hall–Kier alpha value is -2.59. The van der Waals surface area contributed by atoms with E-state index < -0.39 is 0 Å². The van der Waals surface area contributed by atoms with Crippen molar-refractivity contribution >= 4 is 16.7 Å². The average Bonchev–Trinajstić information content (AvgIpc) is 3.09. The summed E-state index contributed by atoms with van der Waals surface area (Å²) in [5, 5.41) is 1.15. The van der Waals surface area contributed by atoms with Gasteiger partial charge in [-0.3, -0.25) is 9.47 Å². The summed E-state index contributed by atoms with van der Waals surface area (Å²) in [5.41, 5.74) is 5.68. The maximum atomic E-state index is 13.5. The third-order valence-electron chi connectivity index (χ3n) is 6.99. The molecule has 3 aromatic rings. The summed E-state index contributed by atoms with van der Waals surface area (Å²) in [5.74, 6) is 7.00. The second kappa shape index (κ2) is 7.34. The molecule has 1 unspecified atom stereocenters. The molecule has 0 bridgehead atoms. The van der Waals surface area contributed by atoms with Gasteiger partial charge in [-0.05, 0) is 93.0 Å². The van der Waals surface area contributed by atoms with Gasteiger partial charge in [-0.15, -0.1) is 0 Å². The van der Waals surface area contributed by atoms with Gasteiger partial charge in [0.2, 0.25) is 0 Å². The Morgan fingerprint density at radius 1 is 1.03 bits per heavy atom. The Morgan fingerprint density at radius 2 is 1.83 bits per heavy atom. The Labute approximate surface area is 172 Å². The molecule has 4 heteroatoms. The van der Waals surface area contributed by atoms with Gasteiger partial charge in [0.1, 0.15) is 0 Å². The van der Waals surface area contributed by atoms with Crippen LogP contribution in [0, 0.1) is 0 Å². The van der Waals surface area contributed by atoms with Crippen molar-refractivity contribution in [2.75, 3.05) is 26.0 Å². The minimum Gasteiger partial charge on any atom is -0.339 e. The molecule has 2 aliphatic rings. The lowest BCUT2D eigenvalue weighted by Crippen LogP contribution is -2.29. The summed E-state index contributed by atoms with van der Waals surface area (Å²) >= 11 is 0. The molecule has 4 nitrogen and oxygen atoms in total. The summed E-state index contributed by atoms with van der Waals surface area (Å²) in [6.45, 7) is 2.22. The smallest absolute Gasteiger partial charge is 0.170 e. The van der Waals surface area contributed by atoms with Crippen molar-refractivity contribution in [3.05, 3.63) is 70.9 Å². The van der Waals surface area contributed by atoms with Crippen LogP contribution in [-0.4, -0.2) is 35.5 Å². The fourth-order valence-corrected chi connectivity index (χ4v) is 5.31. The lowest BCUT2D eigenvalue weighted by Gasteiger charge is -2.28. The number of rotatable bonds is 3. The number of ketones is 1. The first-order valence-electron chi connectivity index (χ1n) is 10.8. The third-order valence-corrected chi connectivity index (χ3v) is 6.99. The number of carbonyl (C=O) groups is 1. The van der Waals surface area contributed by atoms with Gasteiger partial charge in [0.25, 0.3) is 0 Å². The molecule has 29 heavy (non-hydrogen) atoms. The van der Waals surface area contributed by atoms with Crippen LogP contribution in [0.5, 0.6) is 0 Å². The van der Waals surface area contributed by atoms with Crippen LogP contribution < -0.4 is 5.84 Å². The summed E-state index contributed by atoms with van der Waals surface area (Å²) < 4.78 is 1.73. The largest absolute Gasteiger partial charge is 0.339 e. The molecule has 2 heterocycles. The second-order valence-corrected chi connectivity index (χ2v) is 8.81. The van der Waals surface area contributed by atoms with E-state index in [0.717, 1.165) is 61.7 Å². The van der Waals surface area contributed by atoms with Crippen molar-refractivity contribution in [2.24, 2.45) is 0 Å².